The second kappa shape index (κ2) is 5.53. The topological polar surface area (TPSA) is 16.4 Å². The molecule has 1 aromatic rings. The molecule has 92 valence electrons. The number of nitrogens with zero attached hydrogens (tertiary/aromatic N) is 1. The van der Waals surface area contributed by atoms with Crippen LogP contribution >= 0.6 is 0 Å². The average molecular weight is 223 g/mol. The molecule has 0 bridgehead atoms. The Morgan fingerprint density at radius 1 is 1.00 bits per heavy atom. The molecule has 0 aliphatic heterocycles. The van der Waals surface area contributed by atoms with Gasteiger partial charge in [-0.1, -0.05) is 13.8 Å². The van der Waals surface area contributed by atoms with Crippen LogP contribution in [0.2, 0.25) is 0 Å². The van der Waals surface area contributed by atoms with Gasteiger partial charge in [0, 0.05) is 18.0 Å². The summed E-state index contributed by atoms with van der Waals surface area (Å²) in [6.07, 6.45) is 0. The lowest BCUT2D eigenvalue weighted by Crippen LogP contribution is -2.36. The van der Waals surface area contributed by atoms with Gasteiger partial charge in [0.05, 0.1) is 6.54 Å². The van der Waals surface area contributed by atoms with Crippen LogP contribution in [-0.4, -0.2) is 17.0 Å². The Kier molecular flexibility index (Phi) is 4.60. The molecule has 0 spiro atoms. The van der Waals surface area contributed by atoms with Crippen LogP contribution in [0, 0.1) is 0 Å². The molecule has 1 aromatic heterocycles. The summed E-state index contributed by atoms with van der Waals surface area (Å²) >= 11 is 0. The van der Waals surface area contributed by atoms with Gasteiger partial charge < -0.3 is 4.42 Å². The Morgan fingerprint density at radius 3 is 1.94 bits per heavy atom. The van der Waals surface area contributed by atoms with E-state index in [2.05, 4.69) is 58.6 Å². The van der Waals surface area contributed by atoms with E-state index in [4.69, 9.17) is 4.42 Å². The minimum atomic E-state index is 0.472. The van der Waals surface area contributed by atoms with Crippen LogP contribution in [0.3, 0.4) is 0 Å². The smallest absolute Gasteiger partial charge is 0.118 e. The summed E-state index contributed by atoms with van der Waals surface area (Å²) in [6, 6.07) is 5.30. The Morgan fingerprint density at radius 2 is 1.56 bits per heavy atom. The molecule has 2 nitrogen and oxygen atoms in total. The van der Waals surface area contributed by atoms with Crippen LogP contribution in [0.1, 0.15) is 59.0 Å². The number of hydrogen-bond donors (Lipinski definition) is 0. The first-order valence-corrected chi connectivity index (χ1v) is 6.26. The zero-order valence-electron chi connectivity index (χ0n) is 11.4. The summed E-state index contributed by atoms with van der Waals surface area (Å²) in [5.74, 6) is 2.63. The third kappa shape index (κ3) is 3.38. The Bertz CT molecular complexity index is 304. The highest BCUT2D eigenvalue weighted by molar-refractivity contribution is 5.10. The highest BCUT2D eigenvalue weighted by Gasteiger charge is 2.16. The minimum absolute atomic E-state index is 0.472. The van der Waals surface area contributed by atoms with E-state index < -0.39 is 0 Å². The zero-order valence-corrected chi connectivity index (χ0v) is 11.4. The quantitative estimate of drug-likeness (QED) is 0.749. The number of rotatable bonds is 5. The van der Waals surface area contributed by atoms with Crippen molar-refractivity contribution in [3.8, 4) is 0 Å². The van der Waals surface area contributed by atoms with Crippen molar-refractivity contribution < 1.29 is 4.42 Å². The summed E-state index contributed by atoms with van der Waals surface area (Å²) in [6.45, 7) is 14.1. The van der Waals surface area contributed by atoms with Crippen molar-refractivity contribution in [2.75, 3.05) is 0 Å². The number of hydrogen-bond acceptors (Lipinski definition) is 2. The molecule has 0 aliphatic rings. The molecule has 0 radical (unpaired) electrons. The molecule has 0 fully saturated rings. The van der Waals surface area contributed by atoms with Crippen molar-refractivity contribution in [2.45, 2.75) is 66.1 Å². The highest BCUT2D eigenvalue weighted by Crippen LogP contribution is 2.20. The Hall–Kier alpha value is -0.760. The van der Waals surface area contributed by atoms with Gasteiger partial charge in [0.25, 0.3) is 0 Å². The third-order valence-electron chi connectivity index (χ3n) is 2.92. The molecule has 0 unspecified atom stereocenters. The summed E-state index contributed by atoms with van der Waals surface area (Å²) in [5, 5.41) is 0. The van der Waals surface area contributed by atoms with Gasteiger partial charge in [-0.15, -0.1) is 0 Å². The van der Waals surface area contributed by atoms with Crippen LogP contribution in [0.5, 0.6) is 0 Å². The van der Waals surface area contributed by atoms with E-state index in [0.717, 1.165) is 18.1 Å². The van der Waals surface area contributed by atoms with Crippen molar-refractivity contribution in [3.05, 3.63) is 23.7 Å². The first-order chi connectivity index (χ1) is 7.41. The first-order valence-electron chi connectivity index (χ1n) is 6.26. The van der Waals surface area contributed by atoms with Gasteiger partial charge in [0.1, 0.15) is 11.5 Å². The minimum Gasteiger partial charge on any atom is -0.464 e. The fourth-order valence-corrected chi connectivity index (χ4v) is 1.93. The fourth-order valence-electron chi connectivity index (χ4n) is 1.93. The van der Waals surface area contributed by atoms with E-state index in [1.54, 1.807) is 0 Å². The lowest BCUT2D eigenvalue weighted by atomic mass is 10.2. The molecule has 0 saturated heterocycles. The van der Waals surface area contributed by atoms with Crippen molar-refractivity contribution in [3.63, 3.8) is 0 Å². The molecule has 1 rings (SSSR count). The van der Waals surface area contributed by atoms with Gasteiger partial charge >= 0.3 is 0 Å². The van der Waals surface area contributed by atoms with Crippen LogP contribution in [0.25, 0.3) is 0 Å². The Balaban J connectivity index is 2.70. The van der Waals surface area contributed by atoms with Crippen molar-refractivity contribution >= 4 is 0 Å². The van der Waals surface area contributed by atoms with E-state index in [9.17, 15) is 0 Å². The summed E-state index contributed by atoms with van der Waals surface area (Å²) in [7, 11) is 0. The molecular weight excluding hydrogens is 198 g/mol. The van der Waals surface area contributed by atoms with Gasteiger partial charge in [0.2, 0.25) is 0 Å². The molecule has 2 heteroatoms. The van der Waals surface area contributed by atoms with Crippen LogP contribution in [0.4, 0.5) is 0 Å². The predicted octanol–water partition coefficient (Wildman–Crippen LogP) is 4.02. The second-order valence-corrected chi connectivity index (χ2v) is 5.32. The predicted molar refractivity (Wildman–Crippen MR) is 68.6 cm³/mol. The highest BCUT2D eigenvalue weighted by atomic mass is 16.3. The van der Waals surface area contributed by atoms with Crippen LogP contribution < -0.4 is 0 Å². The van der Waals surface area contributed by atoms with E-state index in [0.29, 0.717) is 18.0 Å². The van der Waals surface area contributed by atoms with Crippen molar-refractivity contribution in [1.29, 1.82) is 0 Å². The summed E-state index contributed by atoms with van der Waals surface area (Å²) < 4.78 is 5.83. The Labute approximate surface area is 99.6 Å². The first kappa shape index (κ1) is 13.3. The normalized spacial score (nSPS) is 12.4. The number of furan rings is 1. The largest absolute Gasteiger partial charge is 0.464 e. The van der Waals surface area contributed by atoms with E-state index >= 15 is 0 Å². The van der Waals surface area contributed by atoms with Gasteiger partial charge in [-0.05, 0) is 39.8 Å². The van der Waals surface area contributed by atoms with E-state index in [-0.39, 0.29) is 0 Å². The molecule has 0 aromatic carbocycles. The second-order valence-electron chi connectivity index (χ2n) is 5.32. The lowest BCUT2D eigenvalue weighted by Gasteiger charge is -2.29. The third-order valence-corrected chi connectivity index (χ3v) is 2.92. The van der Waals surface area contributed by atoms with Gasteiger partial charge in [-0.25, -0.2) is 0 Å². The zero-order chi connectivity index (χ0) is 12.3. The summed E-state index contributed by atoms with van der Waals surface area (Å²) in [4.78, 5) is 2.43. The van der Waals surface area contributed by atoms with Crippen molar-refractivity contribution in [1.82, 2.24) is 4.90 Å². The molecular formula is C14H25NO. The lowest BCUT2D eigenvalue weighted by molar-refractivity contribution is 0.152. The van der Waals surface area contributed by atoms with Crippen LogP contribution in [0.15, 0.2) is 16.5 Å². The molecule has 0 aliphatic carbocycles. The SMILES string of the molecule is CC(C)c1ccc(CN(C(C)C)C(C)C)o1. The maximum atomic E-state index is 5.83. The average Bonchev–Trinajstić information content (AvgIpc) is 2.61. The maximum Gasteiger partial charge on any atom is 0.118 e. The molecule has 0 amide bonds. The van der Waals surface area contributed by atoms with E-state index in [1.807, 2.05) is 0 Å². The molecule has 0 saturated carbocycles. The molecule has 1 heterocycles. The maximum absolute atomic E-state index is 5.83. The van der Waals surface area contributed by atoms with E-state index in [1.165, 1.54) is 0 Å². The van der Waals surface area contributed by atoms with Gasteiger partial charge in [-0.2, -0.15) is 0 Å². The molecule has 0 N–H and O–H groups in total. The van der Waals surface area contributed by atoms with Gasteiger partial charge in [-0.3, -0.25) is 4.90 Å². The summed E-state index contributed by atoms with van der Waals surface area (Å²) in [5.41, 5.74) is 0. The fraction of sp³-hybridized carbons (Fsp3) is 0.714. The molecule has 0 atom stereocenters. The monoisotopic (exact) mass is 223 g/mol. The standard InChI is InChI=1S/C14H25NO/c1-10(2)14-8-7-13(16-14)9-15(11(3)4)12(5)6/h7-8,10-12H,9H2,1-6H3. The van der Waals surface area contributed by atoms with Gasteiger partial charge in [0.15, 0.2) is 0 Å². The van der Waals surface area contributed by atoms with Crippen molar-refractivity contribution in [2.24, 2.45) is 0 Å². The molecule has 16 heavy (non-hydrogen) atoms. The van der Waals surface area contributed by atoms with Crippen LogP contribution in [-0.2, 0) is 6.54 Å².